The molecule has 30 heavy (non-hydrogen) atoms. The molecule has 1 aromatic rings. The average molecular weight is 436 g/mol. The maximum Gasteiger partial charge on any atom is 0.240 e. The second-order valence-corrected chi connectivity index (χ2v) is 10.3. The van der Waals surface area contributed by atoms with Crippen molar-refractivity contribution in [1.82, 2.24) is 14.5 Å². The van der Waals surface area contributed by atoms with Crippen LogP contribution in [0.15, 0.2) is 23.1 Å². The highest BCUT2D eigenvalue weighted by molar-refractivity contribution is 7.89. The minimum Gasteiger partial charge on any atom is -0.339 e. The maximum absolute atomic E-state index is 12.5. The average Bonchev–Trinajstić information content (AvgIpc) is 3.22. The Balaban J connectivity index is 1.42. The van der Waals surface area contributed by atoms with Crippen LogP contribution in [0.1, 0.15) is 49.7 Å². The van der Waals surface area contributed by atoms with Crippen LogP contribution in [0.25, 0.3) is 0 Å². The van der Waals surface area contributed by atoms with E-state index in [1.165, 1.54) is 12.8 Å². The van der Waals surface area contributed by atoms with Gasteiger partial charge in [0.15, 0.2) is 0 Å². The Morgan fingerprint density at radius 2 is 1.60 bits per heavy atom. The van der Waals surface area contributed by atoms with Crippen LogP contribution in [0.2, 0.25) is 0 Å². The van der Waals surface area contributed by atoms with Gasteiger partial charge in [-0.25, -0.2) is 13.1 Å². The Hall–Kier alpha value is -1.93. The van der Waals surface area contributed by atoms with Crippen LogP contribution in [0.4, 0.5) is 0 Å². The first-order valence-corrected chi connectivity index (χ1v) is 12.4. The molecule has 2 amide bonds. The van der Waals surface area contributed by atoms with Gasteiger partial charge in [0, 0.05) is 45.6 Å². The summed E-state index contributed by atoms with van der Waals surface area (Å²) in [6.07, 6.45) is 5.51. The van der Waals surface area contributed by atoms with Crippen LogP contribution in [-0.2, 0) is 19.6 Å². The van der Waals surface area contributed by atoms with Gasteiger partial charge >= 0.3 is 0 Å². The lowest BCUT2D eigenvalue weighted by molar-refractivity contribution is -0.140. The highest BCUT2D eigenvalue weighted by atomic mass is 32.2. The number of hydrogen-bond donors (Lipinski definition) is 1. The van der Waals surface area contributed by atoms with Crippen LogP contribution in [-0.4, -0.2) is 62.8 Å². The fraction of sp³-hybridized carbons (Fsp3) is 0.636. The zero-order valence-corrected chi connectivity index (χ0v) is 18.8. The van der Waals surface area contributed by atoms with E-state index in [4.69, 9.17) is 0 Å². The molecule has 1 aromatic carbocycles. The number of nitrogens with one attached hydrogen (secondary N) is 1. The van der Waals surface area contributed by atoms with E-state index in [0.717, 1.165) is 18.4 Å². The molecule has 1 N–H and O–H groups in total. The van der Waals surface area contributed by atoms with Crippen molar-refractivity contribution in [3.63, 3.8) is 0 Å². The number of rotatable bonds is 7. The molecule has 2 aliphatic rings. The molecule has 0 radical (unpaired) electrons. The topological polar surface area (TPSA) is 86.8 Å². The molecule has 0 unspecified atom stereocenters. The number of sulfonamides is 1. The smallest absolute Gasteiger partial charge is 0.240 e. The van der Waals surface area contributed by atoms with Crippen LogP contribution in [0, 0.1) is 19.8 Å². The van der Waals surface area contributed by atoms with Crippen molar-refractivity contribution in [3.8, 4) is 0 Å². The Morgan fingerprint density at radius 3 is 2.23 bits per heavy atom. The molecule has 2 fully saturated rings. The van der Waals surface area contributed by atoms with Gasteiger partial charge in [0.05, 0.1) is 4.90 Å². The second-order valence-electron chi connectivity index (χ2n) is 8.53. The Labute approximate surface area is 179 Å². The minimum atomic E-state index is -3.65. The molecule has 1 aliphatic heterocycles. The van der Waals surface area contributed by atoms with Gasteiger partial charge in [0.2, 0.25) is 21.8 Å². The SMILES string of the molecule is Cc1ccc(C)c(S(=O)(=O)NCCC(=O)N2CCN(C(=O)CC3CCCC3)CC2)c1. The summed E-state index contributed by atoms with van der Waals surface area (Å²) >= 11 is 0. The quantitative estimate of drug-likeness (QED) is 0.712. The molecule has 0 atom stereocenters. The van der Waals surface area contributed by atoms with Gasteiger partial charge in [0.1, 0.15) is 0 Å². The van der Waals surface area contributed by atoms with Crippen molar-refractivity contribution >= 4 is 21.8 Å². The first kappa shape index (κ1) is 22.7. The molecule has 7 nitrogen and oxygen atoms in total. The molecule has 1 heterocycles. The summed E-state index contributed by atoms with van der Waals surface area (Å²) < 4.78 is 27.6. The number of hydrogen-bond acceptors (Lipinski definition) is 4. The van der Waals surface area contributed by atoms with E-state index in [1.807, 2.05) is 17.9 Å². The van der Waals surface area contributed by atoms with Gasteiger partial charge in [-0.3, -0.25) is 9.59 Å². The summed E-state index contributed by atoms with van der Waals surface area (Å²) in [7, 11) is -3.65. The van der Waals surface area contributed by atoms with Gasteiger partial charge in [-0.2, -0.15) is 0 Å². The standard InChI is InChI=1S/C22H33N3O4S/c1-17-7-8-18(2)20(15-17)30(28,29)23-10-9-21(26)24-11-13-25(14-12-24)22(27)16-19-5-3-4-6-19/h7-8,15,19,23H,3-6,9-14,16H2,1-2H3. The molecule has 0 spiro atoms. The first-order valence-electron chi connectivity index (χ1n) is 10.9. The third-order valence-corrected chi connectivity index (χ3v) is 7.79. The number of nitrogens with zero attached hydrogens (tertiary/aromatic N) is 2. The molecule has 1 saturated carbocycles. The fourth-order valence-corrected chi connectivity index (χ4v) is 5.68. The molecule has 1 saturated heterocycles. The van der Waals surface area contributed by atoms with Crippen molar-refractivity contribution in [2.24, 2.45) is 5.92 Å². The van der Waals surface area contributed by atoms with Gasteiger partial charge < -0.3 is 9.80 Å². The molecule has 1 aliphatic carbocycles. The molecule has 0 bridgehead atoms. The van der Waals surface area contributed by atoms with E-state index in [9.17, 15) is 18.0 Å². The van der Waals surface area contributed by atoms with E-state index in [-0.39, 0.29) is 29.7 Å². The molecular formula is C22H33N3O4S. The van der Waals surface area contributed by atoms with Gasteiger partial charge in [-0.15, -0.1) is 0 Å². The second kappa shape index (κ2) is 9.92. The largest absolute Gasteiger partial charge is 0.339 e. The highest BCUT2D eigenvalue weighted by Gasteiger charge is 2.27. The van der Waals surface area contributed by atoms with Gasteiger partial charge in [-0.1, -0.05) is 25.0 Å². The predicted octanol–water partition coefficient (Wildman–Crippen LogP) is 2.22. The maximum atomic E-state index is 12.5. The lowest BCUT2D eigenvalue weighted by atomic mass is 10.0. The monoisotopic (exact) mass is 435 g/mol. The number of piperazine rings is 1. The fourth-order valence-electron chi connectivity index (χ4n) is 4.32. The molecule has 8 heteroatoms. The zero-order valence-electron chi connectivity index (χ0n) is 18.0. The zero-order chi connectivity index (χ0) is 21.7. The van der Waals surface area contributed by atoms with Gasteiger partial charge in [0.25, 0.3) is 0 Å². The van der Waals surface area contributed by atoms with Crippen LogP contribution >= 0.6 is 0 Å². The molecule has 166 valence electrons. The number of carbonyl (C=O) groups is 2. The third-order valence-electron chi connectivity index (χ3n) is 6.19. The molecular weight excluding hydrogens is 402 g/mol. The van der Waals surface area contributed by atoms with Crippen molar-refractivity contribution < 1.29 is 18.0 Å². The Kier molecular flexibility index (Phi) is 7.52. The summed E-state index contributed by atoms with van der Waals surface area (Å²) in [4.78, 5) is 28.8. The van der Waals surface area contributed by atoms with E-state index in [1.54, 1.807) is 24.0 Å². The summed E-state index contributed by atoms with van der Waals surface area (Å²) in [5, 5.41) is 0. The van der Waals surface area contributed by atoms with Crippen molar-refractivity contribution in [2.45, 2.75) is 57.3 Å². The van der Waals surface area contributed by atoms with Gasteiger partial charge in [-0.05, 0) is 49.8 Å². The van der Waals surface area contributed by atoms with E-state index in [0.29, 0.717) is 44.1 Å². The van der Waals surface area contributed by atoms with Crippen LogP contribution in [0.3, 0.4) is 0 Å². The van der Waals surface area contributed by atoms with Crippen LogP contribution < -0.4 is 4.72 Å². The lowest BCUT2D eigenvalue weighted by Gasteiger charge is -2.35. The number of carbonyl (C=O) groups excluding carboxylic acids is 2. The first-order chi connectivity index (χ1) is 14.3. The van der Waals surface area contributed by atoms with Crippen molar-refractivity contribution in [2.75, 3.05) is 32.7 Å². The van der Waals surface area contributed by atoms with Crippen LogP contribution in [0.5, 0.6) is 0 Å². The highest BCUT2D eigenvalue weighted by Crippen LogP contribution is 2.28. The summed E-state index contributed by atoms with van der Waals surface area (Å²) in [6, 6.07) is 5.29. The third kappa shape index (κ3) is 5.82. The molecule has 3 rings (SSSR count). The van der Waals surface area contributed by atoms with Crippen molar-refractivity contribution in [1.29, 1.82) is 0 Å². The summed E-state index contributed by atoms with van der Waals surface area (Å²) in [5.74, 6) is 0.652. The minimum absolute atomic E-state index is 0.0649. The number of amides is 2. The normalized spacial score (nSPS) is 18.1. The predicted molar refractivity (Wildman–Crippen MR) is 115 cm³/mol. The number of benzene rings is 1. The Bertz CT molecular complexity index is 870. The summed E-state index contributed by atoms with van der Waals surface area (Å²) in [6.45, 7) is 5.82. The summed E-state index contributed by atoms with van der Waals surface area (Å²) in [5.41, 5.74) is 1.55. The Morgan fingerprint density at radius 1 is 1.00 bits per heavy atom. The van der Waals surface area contributed by atoms with E-state index < -0.39 is 10.0 Å². The van der Waals surface area contributed by atoms with E-state index in [2.05, 4.69) is 4.72 Å². The molecule has 0 aromatic heterocycles. The lowest BCUT2D eigenvalue weighted by Crippen LogP contribution is -2.51. The number of aryl methyl sites for hydroxylation is 2. The van der Waals surface area contributed by atoms with E-state index >= 15 is 0 Å². The van der Waals surface area contributed by atoms with Crippen molar-refractivity contribution in [3.05, 3.63) is 29.3 Å².